The molecule has 0 radical (unpaired) electrons. The number of para-hydroxylation sites is 1. The third-order valence-corrected chi connectivity index (χ3v) is 9.09. The van der Waals surface area contributed by atoms with Crippen LogP contribution in [0.3, 0.4) is 0 Å². The molecule has 10 heteroatoms. The van der Waals surface area contributed by atoms with Gasteiger partial charge in [-0.05, 0) is 37.1 Å². The number of imidazole rings is 1. The maximum atomic E-state index is 13.1. The van der Waals surface area contributed by atoms with E-state index in [1.54, 1.807) is 18.2 Å². The average Bonchev–Trinajstić information content (AvgIpc) is 3.46. The number of fused-ring (bicyclic) bond motifs is 1. The van der Waals surface area contributed by atoms with Crippen molar-refractivity contribution >= 4 is 38.8 Å². The van der Waals surface area contributed by atoms with Gasteiger partial charge in [0.1, 0.15) is 5.75 Å². The molecule has 35 heavy (non-hydrogen) atoms. The van der Waals surface area contributed by atoms with E-state index in [1.165, 1.54) is 23.0 Å². The van der Waals surface area contributed by atoms with Crippen molar-refractivity contribution in [2.24, 2.45) is 0 Å². The lowest BCUT2D eigenvalue weighted by Gasteiger charge is -2.18. The molecule has 188 valence electrons. The monoisotopic (exact) mass is 517 g/mol. The molecule has 3 aromatic rings. The molecule has 0 N–H and O–H groups in total. The Morgan fingerprint density at radius 3 is 2.69 bits per heavy atom. The number of hydrogen-bond acceptors (Lipinski definition) is 7. The number of benzene rings is 2. The number of thioether (sulfide) groups is 1. The van der Waals surface area contributed by atoms with E-state index in [0.717, 1.165) is 35.7 Å². The number of nitrogens with zero attached hydrogens (tertiary/aromatic N) is 3. The first kappa shape index (κ1) is 25.7. The molecular formula is C25H31N3O5S2. The Bertz CT molecular complexity index is 1300. The minimum absolute atomic E-state index is 0.0964. The fourth-order valence-electron chi connectivity index (χ4n) is 4.26. The molecule has 0 amide bonds. The first-order chi connectivity index (χ1) is 16.8. The molecule has 1 fully saturated rings. The van der Waals surface area contributed by atoms with Gasteiger partial charge in [-0.2, -0.15) is 4.31 Å². The van der Waals surface area contributed by atoms with Crippen molar-refractivity contribution < 1.29 is 22.7 Å². The molecule has 0 spiro atoms. The molecular weight excluding hydrogens is 486 g/mol. The van der Waals surface area contributed by atoms with Crippen LogP contribution in [0.1, 0.15) is 39.2 Å². The summed E-state index contributed by atoms with van der Waals surface area (Å²) < 4.78 is 40.9. The van der Waals surface area contributed by atoms with Crippen LogP contribution in [0.15, 0.2) is 52.5 Å². The smallest absolute Gasteiger partial charge is 0.308 e. The van der Waals surface area contributed by atoms with E-state index in [1.807, 2.05) is 38.1 Å². The van der Waals surface area contributed by atoms with Crippen molar-refractivity contribution in [1.82, 2.24) is 13.9 Å². The second-order valence-electron chi connectivity index (χ2n) is 8.37. The van der Waals surface area contributed by atoms with Crippen LogP contribution < -0.4 is 4.74 Å². The van der Waals surface area contributed by atoms with E-state index in [4.69, 9.17) is 14.5 Å². The number of ether oxygens (including phenoxy) is 2. The summed E-state index contributed by atoms with van der Waals surface area (Å²) in [6.45, 7) is 7.26. The molecule has 2 heterocycles. The van der Waals surface area contributed by atoms with E-state index < -0.39 is 10.0 Å². The molecule has 0 bridgehead atoms. The van der Waals surface area contributed by atoms with Crippen molar-refractivity contribution in [3.8, 4) is 5.75 Å². The maximum Gasteiger partial charge on any atom is 0.308 e. The van der Waals surface area contributed by atoms with Gasteiger partial charge in [-0.15, -0.1) is 0 Å². The molecule has 1 atom stereocenters. The van der Waals surface area contributed by atoms with Crippen molar-refractivity contribution in [2.75, 3.05) is 19.7 Å². The van der Waals surface area contributed by atoms with Crippen LogP contribution in [0.2, 0.25) is 0 Å². The highest BCUT2D eigenvalue weighted by molar-refractivity contribution is 7.98. The summed E-state index contributed by atoms with van der Waals surface area (Å²) in [5.41, 5.74) is 2.38. The zero-order valence-electron chi connectivity index (χ0n) is 20.3. The largest absolute Gasteiger partial charge is 0.426 e. The fourth-order valence-corrected chi connectivity index (χ4v) is 6.75. The lowest BCUT2D eigenvalue weighted by Crippen LogP contribution is -2.30. The Balaban J connectivity index is 1.69. The number of sulfonamides is 1. The average molecular weight is 518 g/mol. The Hall–Kier alpha value is -2.40. The first-order valence-electron chi connectivity index (χ1n) is 11.8. The van der Waals surface area contributed by atoms with Crippen LogP contribution in [-0.2, 0) is 31.9 Å². The minimum atomic E-state index is -3.59. The molecule has 8 nitrogen and oxygen atoms in total. The normalized spacial score (nSPS) is 16.3. The summed E-state index contributed by atoms with van der Waals surface area (Å²) >= 11 is 1.52. The standard InChI is InChI=1S/C25H31N3O5S2/c1-4-27(5-2)35(30,31)21-12-13-23-22(15-21)26-25(28(23)16-20-10-8-14-32-20)34-17-19-9-6-7-11-24(19)33-18(3)29/h6-7,9,11-13,15,20H,4-5,8,10,14,16-17H2,1-3H3/t20-/m0/s1. The maximum absolute atomic E-state index is 13.1. The number of hydrogen-bond donors (Lipinski definition) is 0. The van der Waals surface area contributed by atoms with Crippen molar-refractivity contribution in [3.05, 3.63) is 48.0 Å². The Labute approximate surface area is 210 Å². The first-order valence-corrected chi connectivity index (χ1v) is 14.3. The lowest BCUT2D eigenvalue weighted by atomic mass is 10.2. The molecule has 4 rings (SSSR count). The van der Waals surface area contributed by atoms with Gasteiger partial charge < -0.3 is 14.0 Å². The Morgan fingerprint density at radius 2 is 2.00 bits per heavy atom. The third-order valence-electron chi connectivity index (χ3n) is 6.02. The van der Waals surface area contributed by atoms with E-state index >= 15 is 0 Å². The fraction of sp³-hybridized carbons (Fsp3) is 0.440. The number of aromatic nitrogens is 2. The Morgan fingerprint density at radius 1 is 1.23 bits per heavy atom. The van der Waals surface area contributed by atoms with E-state index in [2.05, 4.69) is 4.57 Å². The van der Waals surface area contributed by atoms with Crippen LogP contribution >= 0.6 is 11.8 Å². The third kappa shape index (κ3) is 5.72. The molecule has 1 aromatic heterocycles. The lowest BCUT2D eigenvalue weighted by molar-refractivity contribution is -0.131. The van der Waals surface area contributed by atoms with Gasteiger partial charge in [-0.25, -0.2) is 13.4 Å². The molecule has 0 aliphatic carbocycles. The zero-order valence-corrected chi connectivity index (χ0v) is 21.9. The van der Waals surface area contributed by atoms with Crippen molar-refractivity contribution in [2.45, 2.75) is 62.1 Å². The topological polar surface area (TPSA) is 90.7 Å². The highest BCUT2D eigenvalue weighted by Crippen LogP contribution is 2.32. The van der Waals surface area contributed by atoms with Gasteiger partial charge in [0.15, 0.2) is 5.16 Å². The predicted octanol–water partition coefficient (Wildman–Crippen LogP) is 4.46. The van der Waals surface area contributed by atoms with Crippen LogP contribution in [0.5, 0.6) is 5.75 Å². The summed E-state index contributed by atoms with van der Waals surface area (Å²) in [5, 5.41) is 0.769. The number of esters is 1. The Kier molecular flexibility index (Phi) is 8.16. The van der Waals surface area contributed by atoms with Gasteiger partial charge >= 0.3 is 5.97 Å². The van der Waals surface area contributed by atoms with Crippen molar-refractivity contribution in [3.63, 3.8) is 0 Å². The van der Waals surface area contributed by atoms with Gasteiger partial charge in [0.2, 0.25) is 10.0 Å². The highest BCUT2D eigenvalue weighted by Gasteiger charge is 2.25. The molecule has 0 unspecified atom stereocenters. The highest BCUT2D eigenvalue weighted by atomic mass is 32.2. The van der Waals surface area contributed by atoms with Crippen LogP contribution in [-0.4, -0.2) is 54.0 Å². The molecule has 1 aliphatic rings. The van der Waals surface area contributed by atoms with Gasteiger partial charge in [0, 0.05) is 37.9 Å². The van der Waals surface area contributed by atoms with E-state index in [-0.39, 0.29) is 17.0 Å². The van der Waals surface area contributed by atoms with Gasteiger partial charge in [0.25, 0.3) is 0 Å². The van der Waals surface area contributed by atoms with Gasteiger partial charge in [0.05, 0.1) is 28.6 Å². The van der Waals surface area contributed by atoms with E-state index in [9.17, 15) is 13.2 Å². The summed E-state index contributed by atoms with van der Waals surface area (Å²) in [4.78, 5) is 16.6. The van der Waals surface area contributed by atoms with E-state index in [0.29, 0.717) is 36.7 Å². The summed E-state index contributed by atoms with van der Waals surface area (Å²) in [6.07, 6.45) is 2.11. The predicted molar refractivity (Wildman–Crippen MR) is 136 cm³/mol. The van der Waals surface area contributed by atoms with Gasteiger partial charge in [-0.1, -0.05) is 43.8 Å². The summed E-state index contributed by atoms with van der Waals surface area (Å²) in [6, 6.07) is 12.6. The quantitative estimate of drug-likeness (QED) is 0.223. The number of carbonyl (C=O) groups excluding carboxylic acids is 1. The second-order valence-corrected chi connectivity index (χ2v) is 11.3. The minimum Gasteiger partial charge on any atom is -0.426 e. The van der Waals surface area contributed by atoms with Crippen LogP contribution in [0.25, 0.3) is 11.0 Å². The SMILES string of the molecule is CCN(CC)S(=O)(=O)c1ccc2c(c1)nc(SCc1ccccc1OC(C)=O)n2C[C@@H]1CCCO1. The van der Waals surface area contributed by atoms with Crippen molar-refractivity contribution in [1.29, 1.82) is 0 Å². The second kappa shape index (κ2) is 11.1. The molecule has 2 aromatic carbocycles. The molecule has 1 saturated heterocycles. The molecule has 0 saturated carbocycles. The zero-order chi connectivity index (χ0) is 25.0. The summed E-state index contributed by atoms with van der Waals surface area (Å²) in [7, 11) is -3.59. The van der Waals surface area contributed by atoms with Crippen LogP contribution in [0.4, 0.5) is 0 Å². The van der Waals surface area contributed by atoms with Crippen LogP contribution in [0, 0.1) is 0 Å². The molecule has 1 aliphatic heterocycles. The summed E-state index contributed by atoms with van der Waals surface area (Å²) in [5.74, 6) is 0.708. The van der Waals surface area contributed by atoms with Gasteiger partial charge in [-0.3, -0.25) is 4.79 Å². The number of rotatable bonds is 10. The number of carbonyl (C=O) groups is 1.